The van der Waals surface area contributed by atoms with Crippen molar-refractivity contribution in [1.82, 2.24) is 0 Å². The number of carbonyl (C=O) groups is 1. The third-order valence-corrected chi connectivity index (χ3v) is 4.32. The van der Waals surface area contributed by atoms with Gasteiger partial charge in [0.15, 0.2) is 0 Å². The molecule has 0 atom stereocenters. The van der Waals surface area contributed by atoms with E-state index in [1.165, 1.54) is 20.5 Å². The van der Waals surface area contributed by atoms with Crippen molar-refractivity contribution in [1.29, 1.82) is 0 Å². The molecule has 0 amide bonds. The number of oxime groups is 1. The first kappa shape index (κ1) is 23.0. The van der Waals surface area contributed by atoms with Crippen LogP contribution in [0.5, 0.6) is 5.75 Å². The summed E-state index contributed by atoms with van der Waals surface area (Å²) in [6.45, 7) is 4.95. The zero-order valence-electron chi connectivity index (χ0n) is 18.0. The van der Waals surface area contributed by atoms with Gasteiger partial charge in [0, 0.05) is 5.56 Å². The van der Waals surface area contributed by atoms with Crippen molar-refractivity contribution in [3.8, 4) is 5.75 Å². The van der Waals surface area contributed by atoms with Crippen molar-refractivity contribution in [2.45, 2.75) is 33.3 Å². The molecular formula is C24H29NO5. The van der Waals surface area contributed by atoms with Crippen LogP contribution >= 0.6 is 0 Å². The Kier molecular flexibility index (Phi) is 9.45. The van der Waals surface area contributed by atoms with E-state index in [2.05, 4.69) is 5.16 Å². The van der Waals surface area contributed by atoms with Crippen molar-refractivity contribution < 1.29 is 23.8 Å². The molecular weight excluding hydrogens is 382 g/mol. The smallest absolute Gasteiger partial charge is 0.341 e. The maximum Gasteiger partial charge on any atom is 0.341 e. The van der Waals surface area contributed by atoms with Gasteiger partial charge in [0.2, 0.25) is 0 Å². The molecule has 0 saturated heterocycles. The van der Waals surface area contributed by atoms with E-state index in [1.807, 2.05) is 62.4 Å². The molecule has 0 unspecified atom stereocenters. The molecule has 160 valence electrons. The minimum atomic E-state index is -0.470. The summed E-state index contributed by atoms with van der Waals surface area (Å²) < 4.78 is 16.0. The van der Waals surface area contributed by atoms with Crippen LogP contribution in [0, 0.1) is 0 Å². The summed E-state index contributed by atoms with van der Waals surface area (Å²) in [6.07, 6.45) is 3.04. The Balaban J connectivity index is 2.22. The lowest BCUT2D eigenvalue weighted by atomic mass is 10.0. The van der Waals surface area contributed by atoms with Gasteiger partial charge in [0.1, 0.15) is 24.5 Å². The molecule has 0 heterocycles. The van der Waals surface area contributed by atoms with E-state index in [0.717, 1.165) is 29.7 Å². The standard InChI is InChI=1S/C24H29NO5/c1-5-14-30-25-23(6-2)18-11-9-12-20(15-18)29-16-19-10-7-8-13-21(19)22(17-27-3)24(26)28-4/h7-13,15,17H,5-6,14,16H2,1-4H3. The molecule has 0 spiro atoms. The van der Waals surface area contributed by atoms with Crippen molar-refractivity contribution >= 4 is 17.3 Å². The second kappa shape index (κ2) is 12.3. The van der Waals surface area contributed by atoms with E-state index in [1.54, 1.807) is 0 Å². The Bertz CT molecular complexity index is 889. The number of ether oxygens (including phenoxy) is 3. The van der Waals surface area contributed by atoms with Gasteiger partial charge in [-0.3, -0.25) is 0 Å². The highest BCUT2D eigenvalue weighted by Crippen LogP contribution is 2.23. The van der Waals surface area contributed by atoms with E-state index >= 15 is 0 Å². The highest BCUT2D eigenvalue weighted by Gasteiger charge is 2.17. The van der Waals surface area contributed by atoms with Gasteiger partial charge in [-0.1, -0.05) is 55.4 Å². The second-order valence-corrected chi connectivity index (χ2v) is 6.46. The van der Waals surface area contributed by atoms with Crippen molar-refractivity contribution in [2.24, 2.45) is 5.16 Å². The summed E-state index contributed by atoms with van der Waals surface area (Å²) in [7, 11) is 2.83. The van der Waals surface area contributed by atoms with Crippen LogP contribution in [0.25, 0.3) is 5.57 Å². The molecule has 0 aromatic heterocycles. The first-order chi connectivity index (χ1) is 14.6. The number of esters is 1. The molecule has 0 saturated carbocycles. The molecule has 2 aromatic carbocycles. The van der Waals surface area contributed by atoms with E-state index in [-0.39, 0.29) is 6.61 Å². The topological polar surface area (TPSA) is 66.3 Å². The monoisotopic (exact) mass is 411 g/mol. The van der Waals surface area contributed by atoms with Gasteiger partial charge in [-0.2, -0.15) is 0 Å². The normalized spacial score (nSPS) is 11.7. The largest absolute Gasteiger partial charge is 0.503 e. The van der Waals surface area contributed by atoms with Crippen LogP contribution in [0.2, 0.25) is 0 Å². The van der Waals surface area contributed by atoms with Gasteiger partial charge < -0.3 is 19.0 Å². The van der Waals surface area contributed by atoms with E-state index in [0.29, 0.717) is 23.5 Å². The van der Waals surface area contributed by atoms with Gasteiger partial charge in [0.05, 0.1) is 26.2 Å². The van der Waals surface area contributed by atoms with Crippen molar-refractivity contribution in [3.63, 3.8) is 0 Å². The second-order valence-electron chi connectivity index (χ2n) is 6.46. The Morgan fingerprint density at radius 2 is 1.87 bits per heavy atom. The van der Waals surface area contributed by atoms with Crippen LogP contribution in [-0.2, 0) is 25.7 Å². The molecule has 6 heteroatoms. The van der Waals surface area contributed by atoms with E-state index in [4.69, 9.17) is 19.0 Å². The van der Waals surface area contributed by atoms with Crippen LogP contribution in [0.1, 0.15) is 43.4 Å². The zero-order chi connectivity index (χ0) is 21.8. The predicted octanol–water partition coefficient (Wildman–Crippen LogP) is 4.97. The first-order valence-electron chi connectivity index (χ1n) is 9.96. The number of benzene rings is 2. The molecule has 30 heavy (non-hydrogen) atoms. The van der Waals surface area contributed by atoms with Crippen molar-refractivity contribution in [2.75, 3.05) is 20.8 Å². The third kappa shape index (κ3) is 6.37. The molecule has 0 bridgehead atoms. The van der Waals surface area contributed by atoms with Gasteiger partial charge >= 0.3 is 5.97 Å². The number of carbonyl (C=O) groups excluding carboxylic acids is 1. The molecule has 2 rings (SSSR count). The zero-order valence-corrected chi connectivity index (χ0v) is 18.0. The van der Waals surface area contributed by atoms with Gasteiger partial charge in [-0.05, 0) is 36.1 Å². The molecule has 0 aliphatic heterocycles. The lowest BCUT2D eigenvalue weighted by molar-refractivity contribution is -0.133. The number of methoxy groups -OCH3 is 2. The van der Waals surface area contributed by atoms with Gasteiger partial charge in [-0.25, -0.2) is 4.79 Å². The summed E-state index contributed by atoms with van der Waals surface area (Å²) in [6, 6.07) is 15.2. The molecule has 0 aliphatic carbocycles. The maximum absolute atomic E-state index is 12.2. The lowest BCUT2D eigenvalue weighted by Gasteiger charge is -2.13. The summed E-state index contributed by atoms with van der Waals surface area (Å²) in [5.74, 6) is 0.233. The Hall–Kier alpha value is -3.28. The molecule has 6 nitrogen and oxygen atoms in total. The molecule has 2 aromatic rings. The Morgan fingerprint density at radius 3 is 2.57 bits per heavy atom. The fourth-order valence-corrected chi connectivity index (χ4v) is 2.82. The van der Waals surface area contributed by atoms with Crippen molar-refractivity contribution in [3.05, 3.63) is 71.5 Å². The highest BCUT2D eigenvalue weighted by atomic mass is 16.6. The van der Waals surface area contributed by atoms with Crippen LogP contribution < -0.4 is 4.74 Å². The van der Waals surface area contributed by atoms with Gasteiger partial charge in [-0.15, -0.1) is 0 Å². The first-order valence-corrected chi connectivity index (χ1v) is 9.96. The van der Waals surface area contributed by atoms with Gasteiger partial charge in [0.25, 0.3) is 0 Å². The molecule has 0 fully saturated rings. The SMILES string of the molecule is CCCON=C(CC)c1cccc(OCc2ccccc2C(=COC)C(=O)OC)c1. The van der Waals surface area contributed by atoms with Crippen LogP contribution in [0.3, 0.4) is 0 Å². The predicted molar refractivity (Wildman–Crippen MR) is 117 cm³/mol. The lowest BCUT2D eigenvalue weighted by Crippen LogP contribution is -2.08. The summed E-state index contributed by atoms with van der Waals surface area (Å²) in [5.41, 5.74) is 3.69. The average molecular weight is 411 g/mol. The highest BCUT2D eigenvalue weighted by molar-refractivity contribution is 6.16. The molecule has 0 aliphatic rings. The average Bonchev–Trinajstić information content (AvgIpc) is 2.79. The number of nitrogens with zero attached hydrogens (tertiary/aromatic N) is 1. The minimum absolute atomic E-state index is 0.280. The number of hydrogen-bond acceptors (Lipinski definition) is 6. The fourth-order valence-electron chi connectivity index (χ4n) is 2.82. The molecule has 0 N–H and O–H groups in total. The molecule has 0 radical (unpaired) electrons. The quantitative estimate of drug-likeness (QED) is 0.130. The van der Waals surface area contributed by atoms with E-state index < -0.39 is 5.97 Å². The fraction of sp³-hybridized carbons (Fsp3) is 0.333. The minimum Gasteiger partial charge on any atom is -0.503 e. The Labute approximate surface area is 178 Å². The third-order valence-electron chi connectivity index (χ3n) is 4.32. The summed E-state index contributed by atoms with van der Waals surface area (Å²) >= 11 is 0. The van der Waals surface area contributed by atoms with Crippen LogP contribution in [0.15, 0.2) is 59.9 Å². The van der Waals surface area contributed by atoms with E-state index in [9.17, 15) is 4.79 Å². The Morgan fingerprint density at radius 1 is 1.07 bits per heavy atom. The summed E-state index contributed by atoms with van der Waals surface area (Å²) in [4.78, 5) is 17.5. The van der Waals surface area contributed by atoms with Crippen LogP contribution in [0.4, 0.5) is 0 Å². The number of rotatable bonds is 11. The maximum atomic E-state index is 12.2. The summed E-state index contributed by atoms with van der Waals surface area (Å²) in [5, 5.41) is 4.24. The van der Waals surface area contributed by atoms with Crippen LogP contribution in [-0.4, -0.2) is 32.5 Å². The number of hydrogen-bond donors (Lipinski definition) is 0.